The second-order valence-corrected chi connectivity index (χ2v) is 7.65. The Morgan fingerprint density at radius 3 is 2.59 bits per heavy atom. The van der Waals surface area contributed by atoms with Crippen molar-refractivity contribution in [2.45, 2.75) is 32.6 Å². The van der Waals surface area contributed by atoms with Crippen molar-refractivity contribution < 1.29 is 4.79 Å². The van der Waals surface area contributed by atoms with Crippen LogP contribution in [0.3, 0.4) is 0 Å². The van der Waals surface area contributed by atoms with Gasteiger partial charge >= 0.3 is 0 Å². The summed E-state index contributed by atoms with van der Waals surface area (Å²) >= 11 is 1.67. The largest absolute Gasteiger partial charge is 0.337 e. The molecular formula is C20H21N5OS. The van der Waals surface area contributed by atoms with Gasteiger partial charge in [-0.1, -0.05) is 0 Å². The summed E-state index contributed by atoms with van der Waals surface area (Å²) in [6.45, 7) is 5.24. The molecule has 27 heavy (non-hydrogen) atoms. The number of hydrogen-bond acceptors (Lipinski definition) is 6. The van der Waals surface area contributed by atoms with Crippen LogP contribution in [-0.2, 0) is 0 Å². The summed E-state index contributed by atoms with van der Waals surface area (Å²) in [7, 11) is 0. The zero-order valence-electron chi connectivity index (χ0n) is 15.4. The molecular weight excluding hydrogens is 358 g/mol. The van der Waals surface area contributed by atoms with E-state index in [1.165, 1.54) is 0 Å². The molecule has 0 aliphatic carbocycles. The summed E-state index contributed by atoms with van der Waals surface area (Å²) in [4.78, 5) is 32.3. The minimum absolute atomic E-state index is 0.0509. The van der Waals surface area contributed by atoms with Crippen LogP contribution in [0.15, 0.2) is 35.3 Å². The lowest BCUT2D eigenvalue weighted by atomic mass is 9.95. The quantitative estimate of drug-likeness (QED) is 0.695. The third-order valence-corrected chi connectivity index (χ3v) is 5.52. The standard InChI is InChI=1S/C20H21N5OS/c1-13-9-17(16-5-8-27-12-16)24-19(23-13)15-3-6-25(7-4-15)20(26)18-11-21-14(2)10-22-18/h5,8-12,15H,3-4,6-7H2,1-2H3. The van der Waals surface area contributed by atoms with Crippen molar-refractivity contribution in [1.82, 2.24) is 24.8 Å². The molecule has 6 nitrogen and oxygen atoms in total. The molecule has 7 heteroatoms. The fourth-order valence-corrected chi connectivity index (χ4v) is 3.99. The van der Waals surface area contributed by atoms with Crippen molar-refractivity contribution in [3.8, 4) is 11.3 Å². The predicted molar refractivity (Wildman–Crippen MR) is 105 cm³/mol. The number of rotatable bonds is 3. The Morgan fingerprint density at radius 2 is 1.93 bits per heavy atom. The normalized spacial score (nSPS) is 15.1. The molecule has 1 fully saturated rings. The molecule has 1 saturated heterocycles. The molecule has 4 heterocycles. The maximum Gasteiger partial charge on any atom is 0.274 e. The highest BCUT2D eigenvalue weighted by atomic mass is 32.1. The second-order valence-electron chi connectivity index (χ2n) is 6.87. The first kappa shape index (κ1) is 17.7. The van der Waals surface area contributed by atoms with E-state index < -0.39 is 0 Å². The maximum atomic E-state index is 12.6. The number of aromatic nitrogens is 4. The lowest BCUT2D eigenvalue weighted by Gasteiger charge is -2.31. The number of thiophene rings is 1. The highest BCUT2D eigenvalue weighted by Gasteiger charge is 2.27. The van der Waals surface area contributed by atoms with Crippen LogP contribution in [0.2, 0.25) is 0 Å². The molecule has 3 aromatic rings. The van der Waals surface area contributed by atoms with Gasteiger partial charge in [0.1, 0.15) is 11.5 Å². The number of likely N-dealkylation sites (tertiary alicyclic amines) is 1. The van der Waals surface area contributed by atoms with E-state index in [2.05, 4.69) is 31.8 Å². The van der Waals surface area contributed by atoms with Gasteiger partial charge in [0.15, 0.2) is 0 Å². The van der Waals surface area contributed by atoms with E-state index in [9.17, 15) is 4.79 Å². The fraction of sp³-hybridized carbons (Fsp3) is 0.350. The van der Waals surface area contributed by atoms with Crippen molar-refractivity contribution >= 4 is 17.2 Å². The number of piperidine rings is 1. The number of nitrogens with zero attached hydrogens (tertiary/aromatic N) is 5. The number of amides is 1. The molecule has 0 radical (unpaired) electrons. The number of carbonyl (C=O) groups excluding carboxylic acids is 1. The van der Waals surface area contributed by atoms with E-state index >= 15 is 0 Å². The molecule has 1 aliphatic rings. The number of carbonyl (C=O) groups is 1. The Hall–Kier alpha value is -2.67. The topological polar surface area (TPSA) is 71.9 Å². The first-order valence-electron chi connectivity index (χ1n) is 9.06. The van der Waals surface area contributed by atoms with E-state index in [4.69, 9.17) is 4.98 Å². The van der Waals surface area contributed by atoms with Gasteiger partial charge in [0.25, 0.3) is 5.91 Å². The van der Waals surface area contributed by atoms with E-state index in [0.717, 1.165) is 41.3 Å². The van der Waals surface area contributed by atoms with Gasteiger partial charge in [0.2, 0.25) is 0 Å². The highest BCUT2D eigenvalue weighted by Crippen LogP contribution is 2.29. The molecule has 138 valence electrons. The molecule has 0 bridgehead atoms. The van der Waals surface area contributed by atoms with E-state index in [1.54, 1.807) is 23.7 Å². The van der Waals surface area contributed by atoms with Crippen molar-refractivity contribution in [2.24, 2.45) is 0 Å². The highest BCUT2D eigenvalue weighted by molar-refractivity contribution is 7.08. The first-order chi connectivity index (χ1) is 13.1. The van der Waals surface area contributed by atoms with E-state index in [-0.39, 0.29) is 11.8 Å². The monoisotopic (exact) mass is 379 g/mol. The Balaban J connectivity index is 1.46. The zero-order valence-corrected chi connectivity index (χ0v) is 16.2. The summed E-state index contributed by atoms with van der Waals surface area (Å²) in [5.41, 5.74) is 4.31. The molecule has 0 aromatic carbocycles. The van der Waals surface area contributed by atoms with E-state index in [1.807, 2.05) is 24.8 Å². The van der Waals surface area contributed by atoms with Gasteiger partial charge < -0.3 is 4.90 Å². The molecule has 0 spiro atoms. The van der Waals surface area contributed by atoms with Crippen LogP contribution >= 0.6 is 11.3 Å². The van der Waals surface area contributed by atoms with Crippen molar-refractivity contribution in [3.63, 3.8) is 0 Å². The molecule has 3 aromatic heterocycles. The molecule has 0 unspecified atom stereocenters. The fourth-order valence-electron chi connectivity index (χ4n) is 3.34. The number of aryl methyl sites for hydroxylation is 2. The van der Waals surface area contributed by atoms with Gasteiger partial charge in [-0.3, -0.25) is 9.78 Å². The Bertz CT molecular complexity index is 932. The summed E-state index contributed by atoms with van der Waals surface area (Å²) in [6.07, 6.45) is 4.90. The van der Waals surface area contributed by atoms with Crippen LogP contribution in [0.1, 0.15) is 46.5 Å². The third-order valence-electron chi connectivity index (χ3n) is 4.84. The predicted octanol–water partition coefficient (Wildman–Crippen LogP) is 3.63. The Kier molecular flexibility index (Phi) is 4.94. The molecule has 4 rings (SSSR count). The van der Waals surface area contributed by atoms with Gasteiger partial charge in [0, 0.05) is 41.8 Å². The van der Waals surface area contributed by atoms with Crippen molar-refractivity contribution in [2.75, 3.05) is 13.1 Å². The van der Waals surface area contributed by atoms with Crippen LogP contribution in [-0.4, -0.2) is 43.8 Å². The van der Waals surface area contributed by atoms with Gasteiger partial charge in [-0.2, -0.15) is 11.3 Å². The molecule has 0 N–H and O–H groups in total. The zero-order chi connectivity index (χ0) is 18.8. The molecule has 0 atom stereocenters. The minimum Gasteiger partial charge on any atom is -0.337 e. The van der Waals surface area contributed by atoms with Crippen LogP contribution in [0.25, 0.3) is 11.3 Å². The number of hydrogen-bond donors (Lipinski definition) is 0. The van der Waals surface area contributed by atoms with Gasteiger partial charge in [-0.15, -0.1) is 0 Å². The summed E-state index contributed by atoms with van der Waals surface area (Å²) < 4.78 is 0. The smallest absolute Gasteiger partial charge is 0.274 e. The third kappa shape index (κ3) is 3.88. The lowest BCUT2D eigenvalue weighted by molar-refractivity contribution is 0.0704. The second kappa shape index (κ2) is 7.52. The maximum absolute atomic E-state index is 12.6. The average Bonchev–Trinajstić information content (AvgIpc) is 3.23. The molecule has 1 amide bonds. The summed E-state index contributed by atoms with van der Waals surface area (Å²) in [6, 6.07) is 4.11. The minimum atomic E-state index is -0.0509. The van der Waals surface area contributed by atoms with Crippen molar-refractivity contribution in [3.05, 3.63) is 58.2 Å². The lowest BCUT2D eigenvalue weighted by Crippen LogP contribution is -2.38. The first-order valence-corrected chi connectivity index (χ1v) is 10.0. The molecule has 0 saturated carbocycles. The van der Waals surface area contributed by atoms with E-state index in [0.29, 0.717) is 18.8 Å². The Morgan fingerprint density at radius 1 is 1.11 bits per heavy atom. The van der Waals surface area contributed by atoms with Gasteiger partial charge in [-0.25, -0.2) is 15.0 Å². The Labute approximate surface area is 162 Å². The summed E-state index contributed by atoms with van der Waals surface area (Å²) in [5, 5.41) is 4.17. The SMILES string of the molecule is Cc1cnc(C(=O)N2CCC(c3nc(C)cc(-c4ccsc4)n3)CC2)cn1. The average molecular weight is 379 g/mol. The van der Waals surface area contributed by atoms with Crippen LogP contribution in [0, 0.1) is 13.8 Å². The van der Waals surface area contributed by atoms with Gasteiger partial charge in [0.05, 0.1) is 17.6 Å². The van der Waals surface area contributed by atoms with Crippen LogP contribution < -0.4 is 0 Å². The molecule has 1 aliphatic heterocycles. The van der Waals surface area contributed by atoms with Crippen LogP contribution in [0.4, 0.5) is 0 Å². The van der Waals surface area contributed by atoms with Crippen molar-refractivity contribution in [1.29, 1.82) is 0 Å². The summed E-state index contributed by atoms with van der Waals surface area (Å²) in [5.74, 6) is 1.11. The van der Waals surface area contributed by atoms with Gasteiger partial charge in [-0.05, 0) is 44.2 Å². The van der Waals surface area contributed by atoms with Crippen LogP contribution in [0.5, 0.6) is 0 Å².